The summed E-state index contributed by atoms with van der Waals surface area (Å²) >= 11 is 0. The van der Waals surface area contributed by atoms with E-state index in [1.807, 2.05) is 26.8 Å². The maximum absolute atomic E-state index is 13.4. The molecule has 0 saturated carbocycles. The van der Waals surface area contributed by atoms with Gasteiger partial charge in [-0.1, -0.05) is 26.0 Å². The third-order valence-corrected chi connectivity index (χ3v) is 2.92. The molecule has 1 aromatic carbocycles. The van der Waals surface area contributed by atoms with Crippen LogP contribution in [0.3, 0.4) is 0 Å². The highest BCUT2D eigenvalue weighted by atomic mass is 19.1. The number of carbonyl (C=O) groups is 1. The topological polar surface area (TPSA) is 29.1 Å². The molecule has 0 saturated heterocycles. The highest BCUT2D eigenvalue weighted by molar-refractivity contribution is 5.82. The highest BCUT2D eigenvalue weighted by Gasteiger charge is 2.11. The fourth-order valence-electron chi connectivity index (χ4n) is 1.45. The Morgan fingerprint density at radius 3 is 2.53 bits per heavy atom. The first-order valence-electron chi connectivity index (χ1n) is 5.94. The molecule has 0 fully saturated rings. The quantitative estimate of drug-likeness (QED) is 0.853. The lowest BCUT2D eigenvalue weighted by Gasteiger charge is -2.15. The van der Waals surface area contributed by atoms with E-state index in [1.54, 1.807) is 13.0 Å². The van der Waals surface area contributed by atoms with Crippen LogP contribution < -0.4 is 5.32 Å². The maximum Gasteiger partial charge on any atom is 0.149 e. The van der Waals surface area contributed by atoms with E-state index in [-0.39, 0.29) is 23.6 Å². The van der Waals surface area contributed by atoms with Crippen molar-refractivity contribution in [1.82, 2.24) is 5.32 Å². The Bertz CT molecular complexity index is 401. The van der Waals surface area contributed by atoms with Crippen molar-refractivity contribution >= 4 is 5.78 Å². The average Bonchev–Trinajstić information content (AvgIpc) is 2.28. The van der Waals surface area contributed by atoms with Gasteiger partial charge in [0, 0.05) is 12.0 Å². The number of ketones is 1. The van der Waals surface area contributed by atoms with E-state index in [1.165, 1.54) is 6.07 Å². The van der Waals surface area contributed by atoms with Crippen LogP contribution in [0.1, 0.15) is 37.9 Å². The Morgan fingerprint density at radius 1 is 1.35 bits per heavy atom. The number of hydrogen-bond donors (Lipinski definition) is 1. The normalized spacial score (nSPS) is 12.8. The van der Waals surface area contributed by atoms with Crippen molar-refractivity contribution in [3.05, 3.63) is 35.1 Å². The van der Waals surface area contributed by atoms with Crippen LogP contribution in [-0.2, 0) is 4.79 Å². The van der Waals surface area contributed by atoms with Crippen molar-refractivity contribution in [2.75, 3.05) is 6.54 Å². The van der Waals surface area contributed by atoms with Gasteiger partial charge in [-0.2, -0.15) is 0 Å². The third kappa shape index (κ3) is 3.93. The lowest BCUT2D eigenvalue weighted by Crippen LogP contribution is -2.28. The van der Waals surface area contributed by atoms with E-state index in [0.717, 1.165) is 5.56 Å². The smallest absolute Gasteiger partial charge is 0.149 e. The predicted octanol–water partition coefficient (Wildman–Crippen LogP) is 3.01. The summed E-state index contributed by atoms with van der Waals surface area (Å²) in [6.07, 6.45) is 0. The minimum atomic E-state index is -0.202. The van der Waals surface area contributed by atoms with Crippen LogP contribution in [0.5, 0.6) is 0 Å². The molecule has 0 bridgehead atoms. The van der Waals surface area contributed by atoms with Crippen molar-refractivity contribution in [2.24, 2.45) is 5.92 Å². The van der Waals surface area contributed by atoms with Gasteiger partial charge in [0.15, 0.2) is 0 Å². The van der Waals surface area contributed by atoms with E-state index in [0.29, 0.717) is 12.1 Å². The largest absolute Gasteiger partial charge is 0.303 e. The van der Waals surface area contributed by atoms with Gasteiger partial charge in [0.25, 0.3) is 0 Å². The Kier molecular flexibility index (Phi) is 4.82. The Hall–Kier alpha value is -1.22. The molecule has 17 heavy (non-hydrogen) atoms. The fourth-order valence-corrected chi connectivity index (χ4v) is 1.45. The summed E-state index contributed by atoms with van der Waals surface area (Å²) in [5.41, 5.74) is 1.50. The van der Waals surface area contributed by atoms with Crippen LogP contribution in [0.4, 0.5) is 4.39 Å². The van der Waals surface area contributed by atoms with E-state index in [9.17, 15) is 9.18 Å². The minimum absolute atomic E-state index is 0.0206. The zero-order chi connectivity index (χ0) is 13.0. The van der Waals surface area contributed by atoms with Gasteiger partial charge >= 0.3 is 0 Å². The molecular formula is C14H20FNO. The second kappa shape index (κ2) is 5.92. The number of carbonyl (C=O) groups excluding carboxylic acids is 1. The number of Topliss-reactive ketones (excluding diaryl/α,β-unsaturated/α-hetero) is 1. The molecule has 1 unspecified atom stereocenters. The van der Waals surface area contributed by atoms with Crippen molar-refractivity contribution in [3.63, 3.8) is 0 Å². The molecule has 1 aromatic rings. The first-order valence-corrected chi connectivity index (χ1v) is 5.94. The van der Waals surface area contributed by atoms with Crippen LogP contribution in [0, 0.1) is 18.7 Å². The molecule has 0 heterocycles. The maximum atomic E-state index is 13.4. The molecule has 0 aliphatic heterocycles. The molecule has 1 rings (SSSR count). The number of hydrogen-bond acceptors (Lipinski definition) is 2. The van der Waals surface area contributed by atoms with Crippen LogP contribution >= 0.6 is 0 Å². The number of benzene rings is 1. The number of nitrogens with one attached hydrogen (secondary N) is 1. The Labute approximate surface area is 102 Å². The van der Waals surface area contributed by atoms with Crippen LogP contribution in [0.25, 0.3) is 0 Å². The van der Waals surface area contributed by atoms with Gasteiger partial charge in [-0.15, -0.1) is 0 Å². The molecule has 0 radical (unpaired) electrons. The highest BCUT2D eigenvalue weighted by Crippen LogP contribution is 2.16. The van der Waals surface area contributed by atoms with E-state index >= 15 is 0 Å². The summed E-state index contributed by atoms with van der Waals surface area (Å²) in [5, 5.41) is 3.11. The summed E-state index contributed by atoms with van der Waals surface area (Å²) in [6.45, 7) is 7.74. The molecule has 1 N–H and O–H groups in total. The van der Waals surface area contributed by atoms with Gasteiger partial charge < -0.3 is 5.32 Å². The summed E-state index contributed by atoms with van der Waals surface area (Å²) in [4.78, 5) is 11.5. The van der Waals surface area contributed by atoms with Crippen molar-refractivity contribution in [3.8, 4) is 0 Å². The first-order chi connectivity index (χ1) is 7.91. The van der Waals surface area contributed by atoms with Crippen LogP contribution in [0.15, 0.2) is 18.2 Å². The molecule has 0 aliphatic carbocycles. The molecule has 2 nitrogen and oxygen atoms in total. The number of rotatable bonds is 5. The molecule has 0 aliphatic rings. The van der Waals surface area contributed by atoms with E-state index < -0.39 is 0 Å². The SMILES string of the molecule is Cc1ccc(C(C)NCC(=O)C(C)C)cc1F. The number of aryl methyl sites for hydroxylation is 1. The lowest BCUT2D eigenvalue weighted by atomic mass is 10.0. The molecule has 3 heteroatoms. The summed E-state index contributed by atoms with van der Waals surface area (Å²) < 4.78 is 13.4. The van der Waals surface area contributed by atoms with Crippen molar-refractivity contribution < 1.29 is 9.18 Å². The Balaban J connectivity index is 2.61. The van der Waals surface area contributed by atoms with E-state index in [4.69, 9.17) is 0 Å². The standard InChI is InChI=1S/C14H20FNO/c1-9(2)14(17)8-16-11(4)12-6-5-10(3)13(15)7-12/h5-7,9,11,16H,8H2,1-4H3. The van der Waals surface area contributed by atoms with Gasteiger partial charge in [-0.3, -0.25) is 4.79 Å². The second-order valence-corrected chi connectivity index (χ2v) is 4.73. The molecule has 0 aromatic heterocycles. The monoisotopic (exact) mass is 237 g/mol. The predicted molar refractivity (Wildman–Crippen MR) is 67.4 cm³/mol. The van der Waals surface area contributed by atoms with Gasteiger partial charge in [0.1, 0.15) is 11.6 Å². The second-order valence-electron chi connectivity index (χ2n) is 4.73. The van der Waals surface area contributed by atoms with Crippen LogP contribution in [0.2, 0.25) is 0 Å². The molecule has 1 atom stereocenters. The van der Waals surface area contributed by atoms with Gasteiger partial charge in [-0.25, -0.2) is 4.39 Å². The third-order valence-electron chi connectivity index (χ3n) is 2.92. The van der Waals surface area contributed by atoms with Gasteiger partial charge in [0.2, 0.25) is 0 Å². The zero-order valence-electron chi connectivity index (χ0n) is 10.9. The number of halogens is 1. The summed E-state index contributed by atoms with van der Waals surface area (Å²) in [7, 11) is 0. The first kappa shape index (κ1) is 13.8. The molecular weight excluding hydrogens is 217 g/mol. The van der Waals surface area contributed by atoms with Crippen molar-refractivity contribution in [2.45, 2.75) is 33.7 Å². The van der Waals surface area contributed by atoms with E-state index in [2.05, 4.69) is 5.32 Å². The van der Waals surface area contributed by atoms with Crippen LogP contribution in [-0.4, -0.2) is 12.3 Å². The lowest BCUT2D eigenvalue weighted by molar-refractivity contribution is -0.121. The van der Waals surface area contributed by atoms with Crippen molar-refractivity contribution in [1.29, 1.82) is 0 Å². The minimum Gasteiger partial charge on any atom is -0.303 e. The fraction of sp³-hybridized carbons (Fsp3) is 0.500. The van der Waals surface area contributed by atoms with Gasteiger partial charge in [-0.05, 0) is 31.0 Å². The molecule has 0 spiro atoms. The summed E-state index contributed by atoms with van der Waals surface area (Å²) in [5.74, 6) is 0.000207. The average molecular weight is 237 g/mol. The van der Waals surface area contributed by atoms with Gasteiger partial charge in [0.05, 0.1) is 6.54 Å². The summed E-state index contributed by atoms with van der Waals surface area (Å²) in [6, 6.07) is 5.14. The molecule has 94 valence electrons. The molecule has 0 amide bonds. The Morgan fingerprint density at radius 2 is 2.00 bits per heavy atom. The zero-order valence-corrected chi connectivity index (χ0v) is 10.9.